The van der Waals surface area contributed by atoms with Crippen LogP contribution in [0.2, 0.25) is 0 Å². The summed E-state index contributed by atoms with van der Waals surface area (Å²) >= 11 is 0. The number of benzene rings is 1. The van der Waals surface area contributed by atoms with Gasteiger partial charge in [0.25, 0.3) is 0 Å². The third-order valence-electron chi connectivity index (χ3n) is 2.62. The lowest BCUT2D eigenvalue weighted by Crippen LogP contribution is -2.28. The number of halogens is 6. The van der Waals surface area contributed by atoms with Crippen LogP contribution in [0.1, 0.15) is 36.1 Å². The lowest BCUT2D eigenvalue weighted by Gasteiger charge is -2.19. The van der Waals surface area contributed by atoms with E-state index in [9.17, 15) is 26.3 Å². The summed E-state index contributed by atoms with van der Waals surface area (Å²) in [5.41, 5.74) is -0.639. The fourth-order valence-corrected chi connectivity index (χ4v) is 1.63. The van der Waals surface area contributed by atoms with Gasteiger partial charge in [-0.2, -0.15) is 26.3 Å². The molecule has 1 aromatic rings. The maximum atomic E-state index is 12.6. The SMILES string of the molecule is CCC(NN)c1cc(C(F)(F)F)cc(C(F)(F)F)c1. The van der Waals surface area contributed by atoms with Gasteiger partial charge >= 0.3 is 12.4 Å². The first-order valence-electron chi connectivity index (χ1n) is 5.35. The van der Waals surface area contributed by atoms with Crippen LogP contribution in [0.15, 0.2) is 18.2 Å². The second-order valence-electron chi connectivity index (χ2n) is 3.97. The molecule has 0 heterocycles. The molecule has 108 valence electrons. The van der Waals surface area contributed by atoms with Gasteiger partial charge in [-0.1, -0.05) is 6.92 Å². The molecule has 0 bridgehead atoms. The summed E-state index contributed by atoms with van der Waals surface area (Å²) in [4.78, 5) is 0. The van der Waals surface area contributed by atoms with E-state index in [1.165, 1.54) is 0 Å². The van der Waals surface area contributed by atoms with Gasteiger partial charge in [-0.25, -0.2) is 0 Å². The Morgan fingerprint density at radius 3 is 1.68 bits per heavy atom. The highest BCUT2D eigenvalue weighted by Gasteiger charge is 2.37. The molecule has 1 atom stereocenters. The van der Waals surface area contributed by atoms with Crippen molar-refractivity contribution < 1.29 is 26.3 Å². The second-order valence-corrected chi connectivity index (χ2v) is 3.97. The second kappa shape index (κ2) is 5.38. The molecule has 0 fully saturated rings. The predicted molar refractivity (Wildman–Crippen MR) is 56.8 cm³/mol. The van der Waals surface area contributed by atoms with Gasteiger partial charge in [0.2, 0.25) is 0 Å². The third kappa shape index (κ3) is 3.84. The fraction of sp³-hybridized carbons (Fsp3) is 0.455. The van der Waals surface area contributed by atoms with Crippen molar-refractivity contribution in [3.63, 3.8) is 0 Å². The first-order chi connectivity index (χ1) is 8.59. The number of hydrogen-bond acceptors (Lipinski definition) is 2. The summed E-state index contributed by atoms with van der Waals surface area (Å²) in [6, 6.07) is 0.655. The summed E-state index contributed by atoms with van der Waals surface area (Å²) < 4.78 is 75.5. The maximum Gasteiger partial charge on any atom is 0.416 e. The molecule has 0 aliphatic rings. The largest absolute Gasteiger partial charge is 0.416 e. The molecule has 0 aliphatic heterocycles. The minimum absolute atomic E-state index is 0.0900. The molecular weight excluding hydrogens is 274 g/mol. The molecule has 0 saturated carbocycles. The van der Waals surface area contributed by atoms with Crippen LogP contribution in [0.5, 0.6) is 0 Å². The molecule has 1 rings (SSSR count). The third-order valence-corrected chi connectivity index (χ3v) is 2.62. The summed E-state index contributed by atoms with van der Waals surface area (Å²) in [5, 5.41) is 0. The first kappa shape index (κ1) is 15.8. The van der Waals surface area contributed by atoms with Crippen LogP contribution in [0.4, 0.5) is 26.3 Å². The van der Waals surface area contributed by atoms with Crippen molar-refractivity contribution in [3.8, 4) is 0 Å². The molecule has 0 radical (unpaired) electrons. The zero-order chi connectivity index (χ0) is 14.8. The Bertz CT molecular complexity index is 402. The predicted octanol–water partition coefficient (Wildman–Crippen LogP) is 3.64. The zero-order valence-electron chi connectivity index (χ0n) is 9.86. The molecule has 0 aliphatic carbocycles. The highest BCUT2D eigenvalue weighted by molar-refractivity contribution is 5.35. The van der Waals surface area contributed by atoms with Gasteiger partial charge in [0, 0.05) is 6.04 Å². The van der Waals surface area contributed by atoms with Crippen molar-refractivity contribution in [2.24, 2.45) is 5.84 Å². The fourth-order valence-electron chi connectivity index (χ4n) is 1.63. The molecule has 2 nitrogen and oxygen atoms in total. The van der Waals surface area contributed by atoms with Crippen molar-refractivity contribution in [1.29, 1.82) is 0 Å². The molecule has 1 aromatic carbocycles. The van der Waals surface area contributed by atoms with E-state index in [0.29, 0.717) is 12.1 Å². The van der Waals surface area contributed by atoms with Crippen LogP contribution in [-0.2, 0) is 12.4 Å². The summed E-state index contributed by atoms with van der Waals surface area (Å²) in [5.74, 6) is 5.12. The average molecular weight is 286 g/mol. The van der Waals surface area contributed by atoms with Crippen molar-refractivity contribution in [1.82, 2.24) is 5.43 Å². The standard InChI is InChI=1S/C11H12F6N2/c1-2-9(19-18)6-3-7(10(12,13)14)5-8(4-6)11(15,16)17/h3-5,9,19H,2,18H2,1H3. The number of nitrogens with two attached hydrogens (primary N) is 1. The normalized spacial score (nSPS) is 14.5. The highest BCUT2D eigenvalue weighted by atomic mass is 19.4. The lowest BCUT2D eigenvalue weighted by atomic mass is 9.98. The van der Waals surface area contributed by atoms with Crippen molar-refractivity contribution in [2.45, 2.75) is 31.7 Å². The van der Waals surface area contributed by atoms with Crippen LogP contribution < -0.4 is 11.3 Å². The van der Waals surface area contributed by atoms with E-state index in [-0.39, 0.29) is 18.1 Å². The Kier molecular flexibility index (Phi) is 4.46. The first-order valence-corrected chi connectivity index (χ1v) is 5.35. The molecule has 19 heavy (non-hydrogen) atoms. The molecule has 8 heteroatoms. The minimum Gasteiger partial charge on any atom is -0.271 e. The van der Waals surface area contributed by atoms with E-state index < -0.39 is 29.5 Å². The van der Waals surface area contributed by atoms with Crippen molar-refractivity contribution in [2.75, 3.05) is 0 Å². The Labute approximate surface area is 105 Å². The van der Waals surface area contributed by atoms with E-state index in [2.05, 4.69) is 5.43 Å². The summed E-state index contributed by atoms with van der Waals surface area (Å²) in [7, 11) is 0. The topological polar surface area (TPSA) is 38.0 Å². The molecule has 0 amide bonds. The van der Waals surface area contributed by atoms with E-state index in [1.807, 2.05) is 0 Å². The molecule has 0 aromatic heterocycles. The molecule has 1 unspecified atom stereocenters. The molecule has 0 spiro atoms. The smallest absolute Gasteiger partial charge is 0.271 e. The Hall–Kier alpha value is -1.28. The molecular formula is C11H12F6N2. The lowest BCUT2D eigenvalue weighted by molar-refractivity contribution is -0.143. The van der Waals surface area contributed by atoms with Gasteiger partial charge in [-0.15, -0.1) is 0 Å². The van der Waals surface area contributed by atoms with Gasteiger partial charge in [0.05, 0.1) is 11.1 Å². The molecule has 0 saturated heterocycles. The summed E-state index contributed by atoms with van der Waals surface area (Å²) in [6.07, 6.45) is -9.43. The Morgan fingerprint density at radius 1 is 1.00 bits per heavy atom. The quantitative estimate of drug-likeness (QED) is 0.506. The zero-order valence-corrected chi connectivity index (χ0v) is 9.86. The van der Waals surface area contributed by atoms with Gasteiger partial charge in [0.1, 0.15) is 0 Å². The molecule has 3 N–H and O–H groups in total. The van der Waals surface area contributed by atoms with Crippen LogP contribution >= 0.6 is 0 Å². The Balaban J connectivity index is 3.41. The number of hydrazine groups is 1. The van der Waals surface area contributed by atoms with Gasteiger partial charge in [-0.3, -0.25) is 11.3 Å². The van der Waals surface area contributed by atoms with E-state index >= 15 is 0 Å². The average Bonchev–Trinajstić information content (AvgIpc) is 2.28. The maximum absolute atomic E-state index is 12.6. The van der Waals surface area contributed by atoms with Crippen LogP contribution in [0.25, 0.3) is 0 Å². The van der Waals surface area contributed by atoms with Gasteiger partial charge < -0.3 is 0 Å². The Morgan fingerprint density at radius 2 is 1.42 bits per heavy atom. The minimum atomic E-state index is -4.84. The van der Waals surface area contributed by atoms with Gasteiger partial charge in [-0.05, 0) is 30.2 Å². The van der Waals surface area contributed by atoms with Gasteiger partial charge in [0.15, 0.2) is 0 Å². The van der Waals surface area contributed by atoms with Crippen LogP contribution in [-0.4, -0.2) is 0 Å². The van der Waals surface area contributed by atoms with E-state index in [0.717, 1.165) is 0 Å². The van der Waals surface area contributed by atoms with E-state index in [4.69, 9.17) is 5.84 Å². The number of alkyl halides is 6. The van der Waals surface area contributed by atoms with E-state index in [1.54, 1.807) is 6.92 Å². The monoisotopic (exact) mass is 286 g/mol. The number of hydrogen-bond donors (Lipinski definition) is 2. The number of nitrogens with one attached hydrogen (secondary N) is 1. The van der Waals surface area contributed by atoms with Crippen LogP contribution in [0, 0.1) is 0 Å². The highest BCUT2D eigenvalue weighted by Crippen LogP contribution is 2.37. The van der Waals surface area contributed by atoms with Crippen molar-refractivity contribution >= 4 is 0 Å². The van der Waals surface area contributed by atoms with Crippen molar-refractivity contribution in [3.05, 3.63) is 34.9 Å². The number of rotatable bonds is 3. The summed E-state index contributed by atoms with van der Waals surface area (Å²) in [6.45, 7) is 1.60. The van der Waals surface area contributed by atoms with Crippen LogP contribution in [0.3, 0.4) is 0 Å².